The minimum absolute atomic E-state index is 0.00481. The SMILES string of the molecule is CC[C@@]1(O)C(=O)OCc2c1cc1n(c2=O)Cc2c-1nc1cc(F)c(C)c3c1c2[C@@H](NC(=O)OCc1ccc(NC(=O)[C@H](CCCCN)NC(=O)[C@@H](NC(=O)CCOCCn2nnc4c2-c2ccccc2CN(C(=O)CCNC(=O)CCOCCNC(=O)CCN2C(=O)C5C6C=CC(C6CCC[Si](C(C)C)(C(C)C)C(C)C)C5C2=O)c2ccccc2-4)C(C)C)cc1)CC3. The molecule has 2 bridgehead atoms. The number of esters is 1. The van der Waals surface area contributed by atoms with Crippen LogP contribution in [0.4, 0.5) is 20.6 Å². The molecule has 7 heterocycles. The number of para-hydroxylation sites is 1. The van der Waals surface area contributed by atoms with Gasteiger partial charge in [-0.3, -0.25) is 48.1 Å². The van der Waals surface area contributed by atoms with Gasteiger partial charge in [0.1, 0.15) is 36.8 Å². The predicted octanol–water partition coefficient (Wildman–Crippen LogP) is 10.9. The molecule has 3 aromatic heterocycles. The first kappa shape index (κ1) is 92.0. The van der Waals surface area contributed by atoms with E-state index in [0.29, 0.717) is 128 Å². The Morgan fingerprint density at radius 2 is 1.40 bits per heavy atom. The number of pyridine rings is 2. The summed E-state index contributed by atoms with van der Waals surface area (Å²) in [5.74, 6) is -4.65. The van der Waals surface area contributed by atoms with Crippen molar-refractivity contribution in [2.45, 2.75) is 226 Å². The molecule has 4 aromatic carbocycles. The lowest BCUT2D eigenvalue weighted by molar-refractivity contribution is -0.172. The number of aryl methyl sites for hydroxylation is 1. The molecule has 1 saturated carbocycles. The number of fused-ring (bicyclic) bond motifs is 15. The first-order chi connectivity index (χ1) is 61.0. The first-order valence-electron chi connectivity index (χ1n) is 45.1. The van der Waals surface area contributed by atoms with Crippen molar-refractivity contribution in [1.82, 2.24) is 56.0 Å². The maximum atomic E-state index is 15.6. The van der Waals surface area contributed by atoms with Gasteiger partial charge in [-0.2, -0.15) is 0 Å². The first-order valence-corrected chi connectivity index (χ1v) is 47.5. The number of carbonyl (C=O) groups is 10. The Balaban J connectivity index is 0.505. The largest absolute Gasteiger partial charge is 0.458 e. The number of benzene rings is 4. The Bertz CT molecular complexity index is 5420. The number of rotatable bonds is 39. The number of allylic oxidation sites excluding steroid dienone is 2. The Labute approximate surface area is 739 Å². The summed E-state index contributed by atoms with van der Waals surface area (Å²) in [7, 11) is -1.56. The van der Waals surface area contributed by atoms with Crippen molar-refractivity contribution < 1.29 is 76.4 Å². The van der Waals surface area contributed by atoms with Crippen molar-refractivity contribution >= 4 is 89.7 Å². The minimum atomic E-state index is -2.06. The van der Waals surface area contributed by atoms with Crippen LogP contribution >= 0.6 is 0 Å². The zero-order chi connectivity index (χ0) is 90.4. The number of amides is 9. The van der Waals surface area contributed by atoms with Gasteiger partial charge in [-0.05, 0) is 134 Å². The summed E-state index contributed by atoms with van der Waals surface area (Å²) in [6.07, 6.45) is 7.71. The quantitative estimate of drug-likeness (QED) is 0.00583. The van der Waals surface area contributed by atoms with Crippen LogP contribution in [-0.4, -0.2) is 167 Å². The van der Waals surface area contributed by atoms with E-state index in [-0.39, 0.29) is 188 Å². The smallest absolute Gasteiger partial charge is 0.407 e. The number of carbonyl (C=O) groups excluding carboxylic acids is 10. The van der Waals surface area contributed by atoms with Crippen molar-refractivity contribution in [1.29, 1.82) is 0 Å². The average molecular weight is 1760 g/mol. The van der Waals surface area contributed by atoms with Crippen molar-refractivity contribution in [3.8, 4) is 33.9 Å². The number of nitrogens with one attached hydrogen (secondary N) is 6. The molecule has 1 saturated heterocycles. The van der Waals surface area contributed by atoms with Gasteiger partial charge in [-0.1, -0.05) is 163 Å². The molecule has 0 radical (unpaired) electrons. The number of anilines is 2. The number of hydrogen-bond acceptors (Lipinski definition) is 20. The highest BCUT2D eigenvalue weighted by Gasteiger charge is 2.63. The summed E-state index contributed by atoms with van der Waals surface area (Å²) in [6.45, 7) is 22.2. The molecule has 127 heavy (non-hydrogen) atoms. The second-order valence-corrected chi connectivity index (χ2v) is 42.3. The average Bonchev–Trinajstić information content (AvgIpc) is 1.58. The van der Waals surface area contributed by atoms with Gasteiger partial charge in [-0.15, -0.1) is 5.10 Å². The van der Waals surface area contributed by atoms with Crippen LogP contribution in [0.3, 0.4) is 0 Å². The molecule has 0 spiro atoms. The highest BCUT2D eigenvalue weighted by molar-refractivity contribution is 6.83. The molecular weight excluding hydrogens is 1640 g/mol. The Hall–Kier alpha value is -11.2. The molecule has 4 unspecified atom stereocenters. The van der Waals surface area contributed by atoms with Crippen LogP contribution in [0.1, 0.15) is 183 Å². The van der Waals surface area contributed by atoms with E-state index in [1.165, 1.54) is 21.6 Å². The third-order valence-corrected chi connectivity index (χ3v) is 35.3. The van der Waals surface area contributed by atoms with E-state index in [1.807, 2.05) is 48.5 Å². The van der Waals surface area contributed by atoms with Crippen molar-refractivity contribution in [2.75, 3.05) is 62.8 Å². The third kappa shape index (κ3) is 18.8. The van der Waals surface area contributed by atoms with Crippen molar-refractivity contribution in [2.24, 2.45) is 41.2 Å². The second kappa shape index (κ2) is 39.6. The Kier molecular flexibility index (Phi) is 28.7. The number of nitrogens with zero attached hydrogens (tertiary/aromatic N) is 7. The standard InChI is InChI=1S/C95H119FN14O16Si/c1-11-95(122)69-47-75-85-67(50-109(75)90(117)68(69)52-125-93(95)120)81-71(32-31-61-57(10)70(96)48-73(101-85)80(61)81)103-94(121)126-51-58-25-27-60(28-26-58)100-88(115)72(23-16-17-37-97)102-89(116)84(53(2)3)104-78(113)36-43-124-45-41-110-87-62-20-13-12-19-59(62)49-108(74-24-15-14-21-66(74)86(87)105-106-110)79(114)33-38-98-77(112)35-42-123-44-39-99-76(111)34-40-107-91(118)82-64-29-30-65(83(82)92(107)119)63(64)22-18-46-127(54(4)5,55(6)7)56(8)9/h12-15,19-21,24-30,47-48,53-56,63-65,71-72,82-84,122H,11,16-18,22-23,31-46,49-52,97H2,1-10H3,(H,98,112)(H,99,111)(H,100,115)(H,102,116)(H,103,121)(H,104,113)/t63?,64?,65?,71-,72-,82?,83?,84-,95-/m0/s1. The zero-order valence-electron chi connectivity index (χ0n) is 74.2. The predicted molar refractivity (Wildman–Crippen MR) is 477 cm³/mol. The molecule has 9 amide bonds. The topological polar surface area (TPSA) is 398 Å². The number of alkyl carbamates (subject to hydrolysis) is 1. The van der Waals surface area contributed by atoms with Crippen LogP contribution in [0.15, 0.2) is 102 Å². The normalized spacial score (nSPS) is 19.7. The lowest BCUT2D eigenvalue weighted by Crippen LogP contribution is -2.54. The van der Waals surface area contributed by atoms with E-state index < -0.39 is 73.0 Å². The van der Waals surface area contributed by atoms with Gasteiger partial charge in [0.2, 0.25) is 47.3 Å². The fourth-order valence-electron chi connectivity index (χ4n) is 21.0. The molecule has 8 atom stereocenters. The summed E-state index contributed by atoms with van der Waals surface area (Å²) >= 11 is 0. The summed E-state index contributed by atoms with van der Waals surface area (Å²) in [4.78, 5) is 159. The van der Waals surface area contributed by atoms with Gasteiger partial charge in [0.15, 0.2) is 5.60 Å². The number of ether oxygens (including phenoxy) is 4. The number of aliphatic hydroxyl groups is 1. The molecule has 14 rings (SSSR count). The molecule has 2 fully saturated rings. The van der Waals surface area contributed by atoms with Crippen LogP contribution in [0, 0.1) is 48.2 Å². The number of halogens is 1. The fourth-order valence-corrected chi connectivity index (χ4v) is 27.5. The number of unbranched alkanes of at least 4 members (excludes halogenated alkanes) is 1. The number of aromatic nitrogens is 5. The van der Waals surface area contributed by atoms with Crippen LogP contribution in [0.2, 0.25) is 22.7 Å². The molecule has 9 N–H and O–H groups in total. The van der Waals surface area contributed by atoms with E-state index in [0.717, 1.165) is 29.5 Å². The van der Waals surface area contributed by atoms with Gasteiger partial charge in [0.25, 0.3) is 5.56 Å². The van der Waals surface area contributed by atoms with Crippen molar-refractivity contribution in [3.05, 3.63) is 158 Å². The van der Waals surface area contributed by atoms with Crippen LogP contribution < -0.4 is 48.1 Å². The zero-order valence-corrected chi connectivity index (χ0v) is 75.2. The van der Waals surface area contributed by atoms with E-state index in [9.17, 15) is 57.8 Å². The molecule has 4 aliphatic heterocycles. The fraction of sp³-hybridized carbons (Fsp3) is 0.516. The van der Waals surface area contributed by atoms with E-state index in [2.05, 4.69) is 95.9 Å². The number of imide groups is 1. The molecule has 7 aliphatic rings. The summed E-state index contributed by atoms with van der Waals surface area (Å²) in [6, 6.07) is 23.2. The van der Waals surface area contributed by atoms with Crippen molar-refractivity contribution in [3.63, 3.8) is 0 Å². The molecule has 32 heteroatoms. The van der Waals surface area contributed by atoms with Gasteiger partial charge < -0.3 is 71.2 Å². The highest BCUT2D eigenvalue weighted by Crippen LogP contribution is 2.58. The van der Waals surface area contributed by atoms with Crippen LogP contribution in [0.25, 0.3) is 44.8 Å². The van der Waals surface area contributed by atoms with E-state index in [1.54, 1.807) is 67.6 Å². The number of nitrogens with two attached hydrogens (primary N) is 1. The Morgan fingerprint density at radius 1 is 0.724 bits per heavy atom. The second-order valence-electron chi connectivity index (χ2n) is 36.1. The van der Waals surface area contributed by atoms with Crippen LogP contribution in [-0.2, 0) is 107 Å². The minimum Gasteiger partial charge on any atom is -0.458 e. The summed E-state index contributed by atoms with van der Waals surface area (Å²) < 4.78 is 41.6. The van der Waals surface area contributed by atoms with Gasteiger partial charge >= 0.3 is 12.1 Å². The number of hydrogen-bond donors (Lipinski definition) is 8. The molecule has 3 aliphatic carbocycles. The van der Waals surface area contributed by atoms with E-state index >= 15 is 4.39 Å². The molecule has 676 valence electrons. The maximum absolute atomic E-state index is 15.6. The molecular formula is C95H119FN14O16Si. The van der Waals surface area contributed by atoms with E-state index in [4.69, 9.17) is 29.7 Å². The van der Waals surface area contributed by atoms with Gasteiger partial charge in [0, 0.05) is 84.7 Å². The molecule has 7 aromatic rings. The lowest BCUT2D eigenvalue weighted by Gasteiger charge is -2.43. The van der Waals surface area contributed by atoms with Gasteiger partial charge in [0.05, 0.1) is 106 Å². The summed E-state index contributed by atoms with van der Waals surface area (Å²) in [5, 5.41) is 38.6. The third-order valence-electron chi connectivity index (χ3n) is 27.6. The van der Waals surface area contributed by atoms with Crippen LogP contribution in [0.5, 0.6) is 0 Å². The maximum Gasteiger partial charge on any atom is 0.407 e. The van der Waals surface area contributed by atoms with Gasteiger partial charge in [-0.25, -0.2) is 23.6 Å². The highest BCUT2D eigenvalue weighted by atomic mass is 28.3. The summed E-state index contributed by atoms with van der Waals surface area (Å²) in [5.41, 5.74) is 14.3. The Morgan fingerprint density at radius 3 is 2.10 bits per heavy atom. The number of cyclic esters (lactones) is 1. The lowest BCUT2D eigenvalue weighted by atomic mass is 9.81. The number of likely N-dealkylation sites (tertiary alicyclic amines) is 1. The molecule has 30 nitrogen and oxygen atoms in total. The monoisotopic (exact) mass is 1760 g/mol.